The van der Waals surface area contributed by atoms with Crippen LogP contribution in [0.3, 0.4) is 0 Å². The number of anilines is 1. The topological polar surface area (TPSA) is 86.5 Å². The molecule has 0 bridgehead atoms. The molecule has 20 heavy (non-hydrogen) atoms. The number of pyridine rings is 1. The largest absolute Gasteiger partial charge is 0.379 e. The molecule has 110 valence electrons. The summed E-state index contributed by atoms with van der Waals surface area (Å²) in [5, 5.41) is 14.1. The van der Waals surface area contributed by atoms with Crippen molar-refractivity contribution in [2.75, 3.05) is 25.1 Å². The van der Waals surface area contributed by atoms with Gasteiger partial charge in [-0.05, 0) is 13.3 Å². The molecule has 2 atom stereocenters. The highest BCUT2D eigenvalue weighted by Gasteiger charge is 2.20. The van der Waals surface area contributed by atoms with Crippen molar-refractivity contribution in [1.82, 2.24) is 4.98 Å². The Morgan fingerprint density at radius 2 is 2.55 bits per heavy atom. The number of hydrogen-bond acceptors (Lipinski definition) is 6. The van der Waals surface area contributed by atoms with Gasteiger partial charge >= 0.3 is 5.69 Å². The summed E-state index contributed by atoms with van der Waals surface area (Å²) in [6, 6.07) is 1.16. The van der Waals surface area contributed by atoms with Crippen LogP contribution < -0.4 is 5.32 Å². The number of nitrogens with one attached hydrogen (secondary N) is 1. The van der Waals surface area contributed by atoms with Crippen LogP contribution in [-0.2, 0) is 9.47 Å². The van der Waals surface area contributed by atoms with E-state index in [-0.39, 0.29) is 28.7 Å². The Hall–Kier alpha value is -1.44. The first-order valence-electron chi connectivity index (χ1n) is 6.32. The van der Waals surface area contributed by atoms with Crippen molar-refractivity contribution in [1.29, 1.82) is 0 Å². The molecule has 1 aromatic heterocycles. The first-order chi connectivity index (χ1) is 9.56. The predicted molar refractivity (Wildman–Crippen MR) is 74.2 cm³/mol. The second-order valence-corrected chi connectivity index (χ2v) is 5.08. The van der Waals surface area contributed by atoms with E-state index in [1.165, 1.54) is 12.3 Å². The molecular formula is C12H16ClN3O4. The van der Waals surface area contributed by atoms with Crippen LogP contribution in [0.5, 0.6) is 0 Å². The van der Waals surface area contributed by atoms with Crippen molar-refractivity contribution < 1.29 is 14.4 Å². The maximum atomic E-state index is 10.9. The predicted octanol–water partition coefficient (Wildman–Crippen LogP) is 2.25. The van der Waals surface area contributed by atoms with Gasteiger partial charge in [0, 0.05) is 24.9 Å². The number of nitrogens with zero attached hydrogens (tertiary/aromatic N) is 2. The molecule has 7 nitrogen and oxygen atoms in total. The minimum Gasteiger partial charge on any atom is -0.379 e. The Labute approximate surface area is 121 Å². The molecule has 0 aromatic carbocycles. The molecule has 1 saturated heterocycles. The number of nitro groups is 1. The molecule has 0 radical (unpaired) electrons. The number of halogens is 1. The fourth-order valence-corrected chi connectivity index (χ4v) is 2.03. The van der Waals surface area contributed by atoms with Gasteiger partial charge in [0.05, 0.1) is 29.3 Å². The second kappa shape index (κ2) is 6.83. The third kappa shape index (κ3) is 4.03. The smallest absolute Gasteiger partial charge is 0.312 e. The lowest BCUT2D eigenvalue weighted by molar-refractivity contribution is -0.384. The van der Waals surface area contributed by atoms with E-state index in [2.05, 4.69) is 10.3 Å². The van der Waals surface area contributed by atoms with Crippen LogP contribution in [0.1, 0.15) is 13.3 Å². The van der Waals surface area contributed by atoms with E-state index in [1.54, 1.807) is 0 Å². The maximum Gasteiger partial charge on any atom is 0.312 e. The van der Waals surface area contributed by atoms with Crippen LogP contribution in [0.25, 0.3) is 0 Å². The van der Waals surface area contributed by atoms with E-state index in [1.807, 2.05) is 6.92 Å². The van der Waals surface area contributed by atoms with E-state index in [0.717, 1.165) is 13.0 Å². The Morgan fingerprint density at radius 3 is 3.20 bits per heavy atom. The third-order valence-corrected chi connectivity index (χ3v) is 3.09. The minimum absolute atomic E-state index is 0.104. The molecule has 2 rings (SSSR count). The van der Waals surface area contributed by atoms with E-state index < -0.39 is 4.92 Å². The van der Waals surface area contributed by atoms with Crippen molar-refractivity contribution in [3.05, 3.63) is 27.4 Å². The normalized spacial score (nSPS) is 19.8. The van der Waals surface area contributed by atoms with Gasteiger partial charge in [0.15, 0.2) is 0 Å². The van der Waals surface area contributed by atoms with E-state index in [0.29, 0.717) is 13.2 Å². The summed E-state index contributed by atoms with van der Waals surface area (Å²) in [6.45, 7) is 3.62. The third-order valence-electron chi connectivity index (χ3n) is 2.88. The Morgan fingerprint density at radius 1 is 1.75 bits per heavy atom. The fraction of sp³-hybridized carbons (Fsp3) is 0.583. The van der Waals surface area contributed by atoms with Gasteiger partial charge in [-0.2, -0.15) is 0 Å². The molecular weight excluding hydrogens is 286 g/mol. The highest BCUT2D eigenvalue weighted by Crippen LogP contribution is 2.25. The van der Waals surface area contributed by atoms with Gasteiger partial charge in [-0.3, -0.25) is 10.1 Å². The van der Waals surface area contributed by atoms with Crippen molar-refractivity contribution >= 4 is 23.1 Å². The van der Waals surface area contributed by atoms with E-state index >= 15 is 0 Å². The fourth-order valence-electron chi connectivity index (χ4n) is 1.88. The summed E-state index contributed by atoms with van der Waals surface area (Å²) in [5.74, 6) is 0.193. The Bertz CT molecular complexity index is 480. The molecule has 1 fully saturated rings. The van der Waals surface area contributed by atoms with Crippen LogP contribution in [0, 0.1) is 10.1 Å². The molecule has 0 aliphatic carbocycles. The molecule has 2 unspecified atom stereocenters. The number of hydrogen-bond donors (Lipinski definition) is 1. The van der Waals surface area contributed by atoms with E-state index in [9.17, 15) is 10.1 Å². The van der Waals surface area contributed by atoms with Gasteiger partial charge in [0.1, 0.15) is 0 Å². The SMILES string of the molecule is CC(COC1CCOC1)Nc1ncc(Cl)cc1[N+](=O)[O-]. The van der Waals surface area contributed by atoms with Crippen molar-refractivity contribution in [3.8, 4) is 0 Å². The summed E-state index contributed by atoms with van der Waals surface area (Å²) in [5.41, 5.74) is -0.145. The quantitative estimate of drug-likeness (QED) is 0.640. The highest BCUT2D eigenvalue weighted by molar-refractivity contribution is 6.30. The zero-order chi connectivity index (χ0) is 14.5. The van der Waals surface area contributed by atoms with Gasteiger partial charge in [-0.1, -0.05) is 11.6 Å². The molecule has 1 aliphatic heterocycles. The molecule has 1 aromatic rings. The molecule has 0 saturated carbocycles. The first-order valence-corrected chi connectivity index (χ1v) is 6.70. The van der Waals surface area contributed by atoms with Gasteiger partial charge in [0.2, 0.25) is 5.82 Å². The number of aromatic nitrogens is 1. The van der Waals surface area contributed by atoms with Crippen LogP contribution in [0.4, 0.5) is 11.5 Å². The zero-order valence-corrected chi connectivity index (χ0v) is 11.8. The Kier molecular flexibility index (Phi) is 5.11. The van der Waals surface area contributed by atoms with Gasteiger partial charge in [0.25, 0.3) is 0 Å². The highest BCUT2D eigenvalue weighted by atomic mass is 35.5. The first kappa shape index (κ1) is 15.0. The average molecular weight is 302 g/mol. The lowest BCUT2D eigenvalue weighted by Gasteiger charge is -2.17. The standard InChI is InChI=1S/C12H16ClN3O4/c1-8(6-20-10-2-3-19-7-10)15-12-11(16(17)18)4-9(13)5-14-12/h4-5,8,10H,2-3,6-7H2,1H3,(H,14,15). The molecule has 0 spiro atoms. The van der Waals surface area contributed by atoms with Gasteiger partial charge < -0.3 is 14.8 Å². The van der Waals surface area contributed by atoms with Crippen molar-refractivity contribution in [3.63, 3.8) is 0 Å². The average Bonchev–Trinajstić information content (AvgIpc) is 2.91. The maximum absolute atomic E-state index is 10.9. The van der Waals surface area contributed by atoms with Crippen LogP contribution in [0.15, 0.2) is 12.3 Å². The molecule has 1 N–H and O–H groups in total. The minimum atomic E-state index is -0.514. The van der Waals surface area contributed by atoms with Crippen LogP contribution >= 0.6 is 11.6 Å². The van der Waals surface area contributed by atoms with Crippen molar-refractivity contribution in [2.45, 2.75) is 25.5 Å². The molecule has 1 aliphatic rings. The zero-order valence-electron chi connectivity index (χ0n) is 11.0. The monoisotopic (exact) mass is 301 g/mol. The number of ether oxygens (including phenoxy) is 2. The van der Waals surface area contributed by atoms with Crippen molar-refractivity contribution in [2.24, 2.45) is 0 Å². The lowest BCUT2D eigenvalue weighted by atomic mass is 10.3. The van der Waals surface area contributed by atoms with E-state index in [4.69, 9.17) is 21.1 Å². The number of rotatable bonds is 6. The van der Waals surface area contributed by atoms with Gasteiger partial charge in [-0.25, -0.2) is 4.98 Å². The lowest BCUT2D eigenvalue weighted by Crippen LogP contribution is -2.26. The molecule has 0 amide bonds. The van der Waals surface area contributed by atoms with Gasteiger partial charge in [-0.15, -0.1) is 0 Å². The van der Waals surface area contributed by atoms with Crippen LogP contribution in [0.2, 0.25) is 5.02 Å². The molecule has 2 heterocycles. The summed E-state index contributed by atoms with van der Waals surface area (Å²) >= 11 is 5.71. The summed E-state index contributed by atoms with van der Waals surface area (Å²) in [6.07, 6.45) is 2.36. The summed E-state index contributed by atoms with van der Waals surface area (Å²) in [7, 11) is 0. The summed E-state index contributed by atoms with van der Waals surface area (Å²) < 4.78 is 10.9. The second-order valence-electron chi connectivity index (χ2n) is 4.64. The molecule has 8 heteroatoms. The Balaban J connectivity index is 1.92. The summed E-state index contributed by atoms with van der Waals surface area (Å²) in [4.78, 5) is 14.4. The van der Waals surface area contributed by atoms with Crippen LogP contribution in [-0.4, -0.2) is 41.9 Å².